The van der Waals surface area contributed by atoms with Crippen LogP contribution < -0.4 is 0 Å². The predicted octanol–water partition coefficient (Wildman–Crippen LogP) is 1.74. The highest BCUT2D eigenvalue weighted by Gasteiger charge is 2.53. The second kappa shape index (κ2) is 13.7. The van der Waals surface area contributed by atoms with Crippen LogP contribution in [0.2, 0.25) is 0 Å². The predicted molar refractivity (Wildman–Crippen MR) is 175 cm³/mol. The number of aliphatic hydroxyl groups is 3. The van der Waals surface area contributed by atoms with Gasteiger partial charge < -0.3 is 59.2 Å². The molecule has 0 bridgehead atoms. The van der Waals surface area contributed by atoms with Crippen molar-refractivity contribution in [3.05, 3.63) is 51.6 Å². The largest absolute Gasteiger partial charge is 0.507 e. The first-order valence-corrected chi connectivity index (χ1v) is 17.0. The van der Waals surface area contributed by atoms with Gasteiger partial charge in [0.15, 0.2) is 18.4 Å². The molecule has 4 aliphatic rings. The molecule has 6 N–H and O–H groups in total. The molecular formula is C36H45NO14. The van der Waals surface area contributed by atoms with Crippen molar-refractivity contribution >= 4 is 17.5 Å². The number of aromatic hydroxyl groups is 3. The maximum atomic E-state index is 13.9. The summed E-state index contributed by atoms with van der Waals surface area (Å²) in [6.45, 7) is 5.08. The molecule has 0 amide bonds. The lowest BCUT2D eigenvalue weighted by atomic mass is 9.67. The van der Waals surface area contributed by atoms with E-state index in [1.165, 1.54) is 6.07 Å². The molecule has 278 valence electrons. The summed E-state index contributed by atoms with van der Waals surface area (Å²) >= 11 is 0. The highest BCUT2D eigenvalue weighted by Crippen LogP contribution is 2.54. The van der Waals surface area contributed by atoms with E-state index in [-0.39, 0.29) is 48.4 Å². The lowest BCUT2D eigenvalue weighted by molar-refractivity contribution is -0.310. The van der Waals surface area contributed by atoms with Gasteiger partial charge in [-0.05, 0) is 58.1 Å². The van der Waals surface area contributed by atoms with E-state index < -0.39 is 112 Å². The SMILES string of the molecule is CC[C@@]1(O)C[C@H](O[C@H]2C[C@H](N(C)C)[C@H](O[C@H]3C[C@H](O)[C@H](O)[C@H](C)O3)[C@H](C)O2)c2c(cc3c(c2O)C(=O)c2c(O)ccc(O)c2C3=O)[C@H]1C(=O)OC. The lowest BCUT2D eigenvalue weighted by Crippen LogP contribution is -2.57. The van der Waals surface area contributed by atoms with Crippen molar-refractivity contribution in [3.63, 3.8) is 0 Å². The first kappa shape index (κ1) is 37.1. The van der Waals surface area contributed by atoms with Crippen molar-refractivity contribution in [2.45, 2.75) is 113 Å². The normalized spacial score (nSPS) is 34.9. The standard InChI is InChI=1S/C36H45NO14/c1-7-36(46)13-22(50-23-11-18(37(4)5)34(15(3)49-23)51-24-12-21(40)30(41)14(2)48-24)25-16(29(36)35(45)47-6)10-17-26(32(25)43)33(44)28-20(39)9-8-19(38)27(28)31(17)42/h8-10,14-15,18,21-24,29-30,34,38-41,43,46H,7,11-13H2,1-6H3/t14-,15-,18-,21-,22-,23-,24-,29-,30+,34+,36+/m0/s1. The molecule has 2 aromatic carbocycles. The number of rotatable bonds is 7. The maximum Gasteiger partial charge on any atom is 0.316 e. The number of esters is 1. The third-order valence-corrected chi connectivity index (χ3v) is 10.8. The van der Waals surface area contributed by atoms with E-state index in [0.29, 0.717) is 0 Å². The molecule has 11 atom stereocenters. The minimum absolute atomic E-state index is 0.00137. The molecule has 0 spiro atoms. The zero-order valence-corrected chi connectivity index (χ0v) is 29.2. The Kier molecular flexibility index (Phi) is 9.97. The second-order valence-corrected chi connectivity index (χ2v) is 14.1. The molecule has 2 fully saturated rings. The first-order valence-electron chi connectivity index (χ1n) is 17.0. The Labute approximate surface area is 294 Å². The number of carbonyl (C=O) groups excluding carboxylic acids is 3. The average Bonchev–Trinajstić information content (AvgIpc) is 3.07. The van der Waals surface area contributed by atoms with Gasteiger partial charge in [-0.15, -0.1) is 0 Å². The van der Waals surface area contributed by atoms with E-state index in [1.54, 1.807) is 20.8 Å². The van der Waals surface area contributed by atoms with Gasteiger partial charge in [-0.1, -0.05) is 6.92 Å². The van der Waals surface area contributed by atoms with Gasteiger partial charge in [-0.25, -0.2) is 0 Å². The van der Waals surface area contributed by atoms with Gasteiger partial charge in [-0.3, -0.25) is 14.4 Å². The maximum absolute atomic E-state index is 13.9. The van der Waals surface area contributed by atoms with Gasteiger partial charge in [0.2, 0.25) is 5.78 Å². The van der Waals surface area contributed by atoms with Gasteiger partial charge >= 0.3 is 5.97 Å². The van der Waals surface area contributed by atoms with Crippen LogP contribution in [0, 0.1) is 0 Å². The van der Waals surface area contributed by atoms with Crippen LogP contribution in [0.15, 0.2) is 18.2 Å². The number of hydrogen-bond acceptors (Lipinski definition) is 15. The molecule has 0 radical (unpaired) electrons. The number of ketones is 2. The Morgan fingerprint density at radius 1 is 0.941 bits per heavy atom. The minimum atomic E-state index is -1.79. The van der Waals surface area contributed by atoms with Gasteiger partial charge in [0.05, 0.1) is 53.8 Å². The van der Waals surface area contributed by atoms with Crippen LogP contribution in [0.25, 0.3) is 0 Å². The summed E-state index contributed by atoms with van der Waals surface area (Å²) in [6, 6.07) is 3.04. The number of hydrogen-bond donors (Lipinski definition) is 6. The Bertz CT molecular complexity index is 1720. The summed E-state index contributed by atoms with van der Waals surface area (Å²) in [6.07, 6.45) is -6.80. The quantitative estimate of drug-likeness (QED) is 0.152. The van der Waals surface area contributed by atoms with Crippen LogP contribution in [-0.2, 0) is 28.5 Å². The molecule has 15 heteroatoms. The number of methoxy groups -OCH3 is 1. The zero-order chi connectivity index (χ0) is 37.3. The number of phenolic OH excluding ortho intramolecular Hbond substituents is 3. The number of fused-ring (bicyclic) bond motifs is 3. The summed E-state index contributed by atoms with van der Waals surface area (Å²) in [5.74, 6) is -5.85. The lowest BCUT2D eigenvalue weighted by Gasteiger charge is -2.48. The van der Waals surface area contributed by atoms with Gasteiger partial charge in [-0.2, -0.15) is 0 Å². The molecule has 51 heavy (non-hydrogen) atoms. The molecule has 0 aromatic heterocycles. The number of benzene rings is 2. The van der Waals surface area contributed by atoms with E-state index in [4.69, 9.17) is 23.7 Å². The molecule has 2 aromatic rings. The van der Waals surface area contributed by atoms with Crippen LogP contribution in [0.3, 0.4) is 0 Å². The average molecular weight is 716 g/mol. The number of nitrogens with zero attached hydrogens (tertiary/aromatic N) is 1. The highest BCUT2D eigenvalue weighted by atomic mass is 16.7. The van der Waals surface area contributed by atoms with Crippen LogP contribution >= 0.6 is 0 Å². The minimum Gasteiger partial charge on any atom is -0.507 e. The number of carbonyl (C=O) groups is 3. The summed E-state index contributed by atoms with van der Waals surface area (Å²) in [7, 11) is 4.83. The molecule has 0 saturated carbocycles. The van der Waals surface area contributed by atoms with Gasteiger partial charge in [0.25, 0.3) is 0 Å². The van der Waals surface area contributed by atoms with Crippen LogP contribution in [0.5, 0.6) is 17.2 Å². The molecule has 15 nitrogen and oxygen atoms in total. The van der Waals surface area contributed by atoms with Crippen molar-refractivity contribution in [1.82, 2.24) is 4.90 Å². The highest BCUT2D eigenvalue weighted by molar-refractivity contribution is 6.31. The fourth-order valence-electron chi connectivity index (χ4n) is 8.03. The van der Waals surface area contributed by atoms with Gasteiger partial charge in [0.1, 0.15) is 35.4 Å². The van der Waals surface area contributed by atoms with E-state index in [2.05, 4.69) is 0 Å². The van der Waals surface area contributed by atoms with E-state index in [9.17, 15) is 45.0 Å². The molecule has 2 saturated heterocycles. The summed E-state index contributed by atoms with van der Waals surface area (Å²) in [5.41, 5.74) is -3.53. The monoisotopic (exact) mass is 715 g/mol. The van der Waals surface area contributed by atoms with Crippen molar-refractivity contribution in [3.8, 4) is 17.2 Å². The molecule has 0 unspecified atom stereocenters. The first-order chi connectivity index (χ1) is 24.0. The van der Waals surface area contributed by atoms with Crippen LogP contribution in [0.1, 0.15) is 101 Å². The fraction of sp³-hybridized carbons (Fsp3) is 0.583. The third kappa shape index (κ3) is 6.18. The van der Waals surface area contributed by atoms with Crippen molar-refractivity contribution in [2.75, 3.05) is 21.2 Å². The van der Waals surface area contributed by atoms with Crippen molar-refractivity contribution in [1.29, 1.82) is 0 Å². The summed E-state index contributed by atoms with van der Waals surface area (Å²) < 4.78 is 30.0. The zero-order valence-electron chi connectivity index (χ0n) is 29.2. The molecular weight excluding hydrogens is 670 g/mol. The summed E-state index contributed by atoms with van der Waals surface area (Å²) in [5, 5.41) is 65.4. The van der Waals surface area contributed by atoms with Crippen molar-refractivity contribution in [2.24, 2.45) is 0 Å². The van der Waals surface area contributed by atoms with E-state index in [1.807, 2.05) is 19.0 Å². The summed E-state index contributed by atoms with van der Waals surface area (Å²) in [4.78, 5) is 42.9. The Balaban J connectivity index is 1.39. The fourth-order valence-corrected chi connectivity index (χ4v) is 8.03. The Morgan fingerprint density at radius 3 is 2.14 bits per heavy atom. The number of phenols is 3. The van der Waals surface area contributed by atoms with E-state index >= 15 is 0 Å². The van der Waals surface area contributed by atoms with Crippen molar-refractivity contribution < 1.29 is 68.7 Å². The number of aliphatic hydroxyl groups excluding tert-OH is 2. The second-order valence-electron chi connectivity index (χ2n) is 14.1. The molecule has 2 heterocycles. The Hall–Kier alpha value is -3.67. The third-order valence-electron chi connectivity index (χ3n) is 10.8. The molecule has 6 rings (SSSR count). The topological polar surface area (TPSA) is 222 Å². The van der Waals surface area contributed by atoms with Gasteiger partial charge in [0, 0.05) is 36.4 Å². The number of ether oxygens (including phenoxy) is 5. The van der Waals surface area contributed by atoms with Crippen LogP contribution in [0.4, 0.5) is 0 Å². The van der Waals surface area contributed by atoms with E-state index in [0.717, 1.165) is 19.2 Å². The molecule has 2 aliphatic heterocycles. The van der Waals surface area contributed by atoms with Crippen LogP contribution in [-0.4, -0.2) is 129 Å². The number of likely N-dealkylation sites (N-methyl/N-ethyl adjacent to an activating group) is 1. The smallest absolute Gasteiger partial charge is 0.316 e. The Morgan fingerprint density at radius 2 is 1.55 bits per heavy atom. The molecule has 2 aliphatic carbocycles.